The molecule has 0 bridgehead atoms. The number of carboxylic acid groups (broad SMARTS) is 1. The number of carboxylic acids is 1. The standard InChI is InChI=1S/C20H32O3/c1-2-3-16-19(21)17-14-12-10-8-6-4-5-7-9-11-13-15-18-20(22)23/h4-5,8-11,14,17,19,21H,2-3,6-7,12-13,15-16,18H2,1H3,(H,22,23)/t19-/m0/s1. The Bertz CT molecular complexity index is 392. The van der Waals surface area contributed by atoms with Gasteiger partial charge in [-0.25, -0.2) is 0 Å². The van der Waals surface area contributed by atoms with Gasteiger partial charge in [-0.2, -0.15) is 0 Å². The summed E-state index contributed by atoms with van der Waals surface area (Å²) in [5.74, 6) is -0.726. The fourth-order valence-corrected chi connectivity index (χ4v) is 1.95. The van der Waals surface area contributed by atoms with Crippen LogP contribution in [-0.4, -0.2) is 22.3 Å². The average molecular weight is 320 g/mol. The number of aliphatic carboxylic acids is 1. The molecule has 0 aliphatic carbocycles. The minimum atomic E-state index is -0.726. The molecule has 0 spiro atoms. The number of hydrogen-bond acceptors (Lipinski definition) is 2. The van der Waals surface area contributed by atoms with Crippen molar-refractivity contribution in [2.75, 3.05) is 0 Å². The van der Waals surface area contributed by atoms with Crippen LogP contribution in [0.4, 0.5) is 0 Å². The molecule has 3 heteroatoms. The van der Waals surface area contributed by atoms with E-state index in [2.05, 4.69) is 37.3 Å². The van der Waals surface area contributed by atoms with E-state index in [1.54, 1.807) is 0 Å². The zero-order chi connectivity index (χ0) is 17.2. The number of aliphatic hydroxyl groups is 1. The topological polar surface area (TPSA) is 57.5 Å². The van der Waals surface area contributed by atoms with Gasteiger partial charge in [0.25, 0.3) is 0 Å². The van der Waals surface area contributed by atoms with Gasteiger partial charge in [0.05, 0.1) is 6.10 Å². The quantitative estimate of drug-likeness (QED) is 0.342. The molecule has 1 atom stereocenters. The Morgan fingerprint density at radius 3 is 2.04 bits per heavy atom. The van der Waals surface area contributed by atoms with Gasteiger partial charge in [-0.1, -0.05) is 68.4 Å². The second-order valence-corrected chi connectivity index (χ2v) is 5.55. The first-order valence-electron chi connectivity index (χ1n) is 8.68. The molecule has 0 aliphatic rings. The van der Waals surface area contributed by atoms with E-state index in [9.17, 15) is 9.90 Å². The number of allylic oxidation sites excluding steroid dienone is 7. The van der Waals surface area contributed by atoms with Crippen LogP contribution in [0.5, 0.6) is 0 Å². The number of hydrogen-bond donors (Lipinski definition) is 2. The van der Waals surface area contributed by atoms with Gasteiger partial charge in [0, 0.05) is 6.42 Å². The van der Waals surface area contributed by atoms with Crippen molar-refractivity contribution >= 4 is 5.97 Å². The molecule has 0 fully saturated rings. The van der Waals surface area contributed by atoms with Gasteiger partial charge >= 0.3 is 5.97 Å². The lowest BCUT2D eigenvalue weighted by Gasteiger charge is -2.02. The highest BCUT2D eigenvalue weighted by Gasteiger charge is 1.95. The van der Waals surface area contributed by atoms with Crippen molar-refractivity contribution in [3.63, 3.8) is 0 Å². The smallest absolute Gasteiger partial charge is 0.303 e. The molecule has 2 N–H and O–H groups in total. The van der Waals surface area contributed by atoms with Gasteiger partial charge in [0.15, 0.2) is 0 Å². The summed E-state index contributed by atoms with van der Waals surface area (Å²) in [7, 11) is 0. The second kappa shape index (κ2) is 16.8. The van der Waals surface area contributed by atoms with E-state index >= 15 is 0 Å². The average Bonchev–Trinajstić information content (AvgIpc) is 2.52. The molecule has 0 heterocycles. The van der Waals surface area contributed by atoms with E-state index < -0.39 is 5.97 Å². The van der Waals surface area contributed by atoms with Crippen molar-refractivity contribution < 1.29 is 15.0 Å². The molecule has 0 aromatic carbocycles. The fraction of sp³-hybridized carbons (Fsp3) is 0.550. The van der Waals surface area contributed by atoms with Crippen LogP contribution in [0.25, 0.3) is 0 Å². The van der Waals surface area contributed by atoms with Crippen LogP contribution >= 0.6 is 0 Å². The van der Waals surface area contributed by atoms with E-state index in [0.29, 0.717) is 6.42 Å². The summed E-state index contributed by atoms with van der Waals surface area (Å²) in [6, 6.07) is 0. The second-order valence-electron chi connectivity index (χ2n) is 5.55. The van der Waals surface area contributed by atoms with Gasteiger partial charge in [-0.05, 0) is 38.5 Å². The predicted octanol–water partition coefficient (Wildman–Crippen LogP) is 5.19. The normalized spacial score (nSPS) is 13.8. The number of unbranched alkanes of at least 4 members (excludes halogenated alkanes) is 2. The third-order valence-electron chi connectivity index (χ3n) is 3.29. The molecular formula is C20H32O3. The van der Waals surface area contributed by atoms with E-state index in [1.165, 1.54) is 0 Å². The lowest BCUT2D eigenvalue weighted by molar-refractivity contribution is -0.137. The van der Waals surface area contributed by atoms with Crippen molar-refractivity contribution in [3.8, 4) is 0 Å². The Morgan fingerprint density at radius 2 is 1.48 bits per heavy atom. The minimum absolute atomic E-state index is 0.245. The van der Waals surface area contributed by atoms with Crippen LogP contribution in [0.2, 0.25) is 0 Å². The van der Waals surface area contributed by atoms with Crippen molar-refractivity contribution in [1.82, 2.24) is 0 Å². The Kier molecular flexibility index (Phi) is 15.6. The Hall–Kier alpha value is -1.61. The molecule has 0 rings (SSSR count). The lowest BCUT2D eigenvalue weighted by Crippen LogP contribution is -2.00. The molecule has 0 radical (unpaired) electrons. The maximum absolute atomic E-state index is 10.3. The number of rotatable bonds is 14. The molecule has 0 aliphatic heterocycles. The van der Waals surface area contributed by atoms with E-state index in [-0.39, 0.29) is 12.5 Å². The summed E-state index contributed by atoms with van der Waals surface area (Å²) >= 11 is 0. The fourth-order valence-electron chi connectivity index (χ4n) is 1.95. The summed E-state index contributed by atoms with van der Waals surface area (Å²) in [6.07, 6.45) is 23.7. The lowest BCUT2D eigenvalue weighted by atomic mass is 10.1. The minimum Gasteiger partial charge on any atom is -0.481 e. The molecule has 0 aromatic heterocycles. The first-order valence-corrected chi connectivity index (χ1v) is 8.68. The summed E-state index contributed by atoms with van der Waals surface area (Å²) in [6.45, 7) is 2.13. The highest BCUT2D eigenvalue weighted by Crippen LogP contribution is 2.02. The van der Waals surface area contributed by atoms with Crippen LogP contribution in [0, 0.1) is 0 Å². The third kappa shape index (κ3) is 18.3. The summed E-state index contributed by atoms with van der Waals surface area (Å²) in [5, 5.41) is 18.1. The summed E-state index contributed by atoms with van der Waals surface area (Å²) < 4.78 is 0. The largest absolute Gasteiger partial charge is 0.481 e. The molecule has 130 valence electrons. The van der Waals surface area contributed by atoms with E-state index in [4.69, 9.17) is 5.11 Å². The van der Waals surface area contributed by atoms with Gasteiger partial charge in [-0.15, -0.1) is 0 Å². The monoisotopic (exact) mass is 320 g/mol. The van der Waals surface area contributed by atoms with E-state index in [1.807, 2.05) is 18.2 Å². The van der Waals surface area contributed by atoms with Gasteiger partial charge < -0.3 is 10.2 Å². The highest BCUT2D eigenvalue weighted by atomic mass is 16.4. The molecule has 0 amide bonds. The maximum Gasteiger partial charge on any atom is 0.303 e. The highest BCUT2D eigenvalue weighted by molar-refractivity contribution is 5.66. The van der Waals surface area contributed by atoms with Crippen molar-refractivity contribution in [2.45, 2.75) is 70.8 Å². The van der Waals surface area contributed by atoms with Crippen LogP contribution in [0.15, 0.2) is 48.6 Å². The Labute approximate surface area is 141 Å². The first-order chi connectivity index (χ1) is 11.2. The molecular weight excluding hydrogens is 288 g/mol. The van der Waals surface area contributed by atoms with Crippen molar-refractivity contribution in [3.05, 3.63) is 48.6 Å². The van der Waals surface area contributed by atoms with Crippen LogP contribution < -0.4 is 0 Å². The Balaban J connectivity index is 3.53. The molecule has 0 saturated carbocycles. The van der Waals surface area contributed by atoms with Crippen LogP contribution in [-0.2, 0) is 4.79 Å². The Morgan fingerprint density at radius 1 is 0.913 bits per heavy atom. The molecule has 0 unspecified atom stereocenters. The van der Waals surface area contributed by atoms with Crippen LogP contribution in [0.3, 0.4) is 0 Å². The van der Waals surface area contributed by atoms with Crippen molar-refractivity contribution in [2.24, 2.45) is 0 Å². The first kappa shape index (κ1) is 21.4. The van der Waals surface area contributed by atoms with Crippen molar-refractivity contribution in [1.29, 1.82) is 0 Å². The van der Waals surface area contributed by atoms with Gasteiger partial charge in [-0.3, -0.25) is 4.79 Å². The SMILES string of the molecule is CCCC[C@H](O)C=CCC=CCC=CCC=CCCCC(=O)O. The van der Waals surface area contributed by atoms with Gasteiger partial charge in [0.1, 0.15) is 0 Å². The maximum atomic E-state index is 10.3. The molecule has 0 saturated heterocycles. The zero-order valence-electron chi connectivity index (χ0n) is 14.4. The predicted molar refractivity (Wildman–Crippen MR) is 97.4 cm³/mol. The third-order valence-corrected chi connectivity index (χ3v) is 3.29. The van der Waals surface area contributed by atoms with E-state index in [0.717, 1.165) is 44.9 Å². The van der Waals surface area contributed by atoms with Crippen LogP contribution in [0.1, 0.15) is 64.7 Å². The zero-order valence-corrected chi connectivity index (χ0v) is 14.4. The van der Waals surface area contributed by atoms with Gasteiger partial charge in [0.2, 0.25) is 0 Å². The summed E-state index contributed by atoms with van der Waals surface area (Å²) in [4.78, 5) is 10.3. The molecule has 3 nitrogen and oxygen atoms in total. The molecule has 23 heavy (non-hydrogen) atoms. The summed E-state index contributed by atoms with van der Waals surface area (Å²) in [5.41, 5.74) is 0. The number of carbonyl (C=O) groups is 1. The number of aliphatic hydroxyl groups excluding tert-OH is 1. The molecule has 0 aromatic rings.